The van der Waals surface area contributed by atoms with Gasteiger partial charge in [0, 0.05) is 6.04 Å². The van der Waals surface area contributed by atoms with Gasteiger partial charge in [0.2, 0.25) is 0 Å². The summed E-state index contributed by atoms with van der Waals surface area (Å²) in [6.07, 6.45) is 5.58. The Labute approximate surface area is 95.6 Å². The van der Waals surface area contributed by atoms with E-state index in [1.165, 1.54) is 6.42 Å². The van der Waals surface area contributed by atoms with Gasteiger partial charge in [0.05, 0.1) is 0 Å². The zero-order valence-electron chi connectivity index (χ0n) is 9.66. The minimum absolute atomic E-state index is 0.201. The molecule has 0 aromatic carbocycles. The van der Waals surface area contributed by atoms with Gasteiger partial charge in [0.15, 0.2) is 0 Å². The summed E-state index contributed by atoms with van der Waals surface area (Å²) in [7, 11) is 0. The molecular formula is C11H20N2O3. The molecule has 16 heavy (non-hydrogen) atoms. The van der Waals surface area contributed by atoms with Gasteiger partial charge in [0.25, 0.3) is 0 Å². The first-order valence-corrected chi connectivity index (χ1v) is 5.89. The topological polar surface area (TPSA) is 78.4 Å². The van der Waals surface area contributed by atoms with Crippen LogP contribution in [0.2, 0.25) is 0 Å². The number of amides is 2. The van der Waals surface area contributed by atoms with Crippen molar-refractivity contribution in [3.63, 3.8) is 0 Å². The van der Waals surface area contributed by atoms with Crippen LogP contribution in [0.15, 0.2) is 0 Å². The number of rotatable bonds is 4. The molecule has 2 amide bonds. The molecule has 0 saturated heterocycles. The van der Waals surface area contributed by atoms with Crippen LogP contribution < -0.4 is 10.6 Å². The van der Waals surface area contributed by atoms with Crippen molar-refractivity contribution in [2.75, 3.05) is 6.54 Å². The fourth-order valence-corrected chi connectivity index (χ4v) is 2.26. The Balaban J connectivity index is 2.33. The Bertz CT molecular complexity index is 256. The van der Waals surface area contributed by atoms with Crippen molar-refractivity contribution in [2.24, 2.45) is 5.92 Å². The van der Waals surface area contributed by atoms with Crippen molar-refractivity contribution in [3.8, 4) is 0 Å². The number of carboxylic acids is 1. The predicted octanol–water partition coefficient (Wildman–Crippen LogP) is 1.34. The molecular weight excluding hydrogens is 208 g/mol. The van der Waals surface area contributed by atoms with E-state index in [-0.39, 0.29) is 18.6 Å². The van der Waals surface area contributed by atoms with Crippen LogP contribution in [0.25, 0.3) is 0 Å². The molecule has 0 heterocycles. The standard InChI is InChI=1S/C11H20N2O3/c1-2-8-5-3-4-6-9(8)13-11(16)12-7-10(14)15/h8-9H,2-7H2,1H3,(H,14,15)(H2,12,13,16). The minimum Gasteiger partial charge on any atom is -0.480 e. The molecule has 1 aliphatic rings. The van der Waals surface area contributed by atoms with Crippen molar-refractivity contribution in [3.05, 3.63) is 0 Å². The normalized spacial score (nSPS) is 24.8. The summed E-state index contributed by atoms with van der Waals surface area (Å²) in [6, 6.07) is -0.166. The molecule has 1 aliphatic carbocycles. The van der Waals surface area contributed by atoms with Crippen molar-refractivity contribution in [1.82, 2.24) is 10.6 Å². The van der Waals surface area contributed by atoms with Gasteiger partial charge in [-0.25, -0.2) is 4.79 Å². The average Bonchev–Trinajstić information content (AvgIpc) is 2.27. The van der Waals surface area contributed by atoms with Crippen LogP contribution in [0.4, 0.5) is 4.79 Å². The first kappa shape index (κ1) is 12.8. The third kappa shape index (κ3) is 4.08. The summed E-state index contributed by atoms with van der Waals surface area (Å²) in [4.78, 5) is 21.7. The number of carbonyl (C=O) groups excluding carboxylic acids is 1. The molecule has 0 aromatic heterocycles. The first-order chi connectivity index (χ1) is 7.63. The van der Waals surface area contributed by atoms with Crippen LogP contribution in [0.1, 0.15) is 39.0 Å². The molecule has 0 spiro atoms. The van der Waals surface area contributed by atoms with Crippen molar-refractivity contribution >= 4 is 12.0 Å². The zero-order valence-corrected chi connectivity index (χ0v) is 9.66. The van der Waals surface area contributed by atoms with Gasteiger partial charge in [-0.15, -0.1) is 0 Å². The van der Waals surface area contributed by atoms with Crippen molar-refractivity contribution in [1.29, 1.82) is 0 Å². The monoisotopic (exact) mass is 228 g/mol. The summed E-state index contributed by atoms with van der Waals surface area (Å²) < 4.78 is 0. The highest BCUT2D eigenvalue weighted by molar-refractivity contribution is 5.79. The Morgan fingerprint density at radius 3 is 2.62 bits per heavy atom. The molecule has 0 aliphatic heterocycles. The van der Waals surface area contributed by atoms with Gasteiger partial charge in [-0.3, -0.25) is 4.79 Å². The zero-order chi connectivity index (χ0) is 12.0. The largest absolute Gasteiger partial charge is 0.480 e. The molecule has 1 rings (SSSR count). The SMILES string of the molecule is CCC1CCCCC1NC(=O)NCC(=O)O. The summed E-state index contributed by atoms with van der Waals surface area (Å²) >= 11 is 0. The first-order valence-electron chi connectivity index (χ1n) is 5.89. The fraction of sp³-hybridized carbons (Fsp3) is 0.818. The molecule has 1 fully saturated rings. The van der Waals surface area contributed by atoms with E-state index in [4.69, 9.17) is 5.11 Å². The third-order valence-electron chi connectivity index (χ3n) is 3.15. The molecule has 2 unspecified atom stereocenters. The van der Waals surface area contributed by atoms with E-state index < -0.39 is 5.97 Å². The number of urea groups is 1. The molecule has 0 radical (unpaired) electrons. The molecule has 92 valence electrons. The second kappa shape index (κ2) is 6.35. The van der Waals surface area contributed by atoms with Gasteiger partial charge in [0.1, 0.15) is 6.54 Å². The number of nitrogens with one attached hydrogen (secondary N) is 2. The lowest BCUT2D eigenvalue weighted by molar-refractivity contribution is -0.135. The van der Waals surface area contributed by atoms with Crippen LogP contribution >= 0.6 is 0 Å². The summed E-state index contributed by atoms with van der Waals surface area (Å²) in [6.45, 7) is 1.80. The lowest BCUT2D eigenvalue weighted by Crippen LogP contribution is -2.47. The maximum absolute atomic E-state index is 11.4. The van der Waals surface area contributed by atoms with Crippen LogP contribution in [0, 0.1) is 5.92 Å². The second-order valence-electron chi connectivity index (χ2n) is 4.28. The van der Waals surface area contributed by atoms with Crippen molar-refractivity contribution in [2.45, 2.75) is 45.1 Å². The molecule has 5 nitrogen and oxygen atoms in total. The van der Waals surface area contributed by atoms with Crippen LogP contribution in [-0.4, -0.2) is 29.7 Å². The molecule has 3 N–H and O–H groups in total. The summed E-state index contributed by atoms with van der Waals surface area (Å²) in [5.74, 6) is -0.491. The van der Waals surface area contributed by atoms with E-state index in [9.17, 15) is 9.59 Å². The number of carboxylic acid groups (broad SMARTS) is 1. The van der Waals surface area contributed by atoms with Gasteiger partial charge in [-0.05, 0) is 18.8 Å². The van der Waals surface area contributed by atoms with E-state index in [1.807, 2.05) is 0 Å². The van der Waals surface area contributed by atoms with E-state index >= 15 is 0 Å². The molecule has 1 saturated carbocycles. The Kier molecular flexibility index (Phi) is 5.08. The average molecular weight is 228 g/mol. The Morgan fingerprint density at radius 1 is 1.31 bits per heavy atom. The van der Waals surface area contributed by atoms with E-state index in [2.05, 4.69) is 17.6 Å². The van der Waals surface area contributed by atoms with E-state index in [1.54, 1.807) is 0 Å². The fourth-order valence-electron chi connectivity index (χ4n) is 2.26. The predicted molar refractivity (Wildman–Crippen MR) is 60.2 cm³/mol. The summed E-state index contributed by atoms with van der Waals surface area (Å²) in [5.41, 5.74) is 0. The molecule has 0 bridgehead atoms. The highest BCUT2D eigenvalue weighted by atomic mass is 16.4. The number of aliphatic carboxylic acids is 1. The van der Waals surface area contributed by atoms with Gasteiger partial charge in [-0.2, -0.15) is 0 Å². The maximum atomic E-state index is 11.4. The maximum Gasteiger partial charge on any atom is 0.323 e. The molecule has 5 heteroatoms. The summed E-state index contributed by atoms with van der Waals surface area (Å²) in [5, 5.41) is 13.6. The lowest BCUT2D eigenvalue weighted by Gasteiger charge is -2.31. The lowest BCUT2D eigenvalue weighted by atomic mass is 9.83. The smallest absolute Gasteiger partial charge is 0.323 e. The van der Waals surface area contributed by atoms with Gasteiger partial charge < -0.3 is 15.7 Å². The molecule has 0 aromatic rings. The number of carbonyl (C=O) groups is 2. The number of hydrogen-bond acceptors (Lipinski definition) is 2. The minimum atomic E-state index is -1.02. The highest BCUT2D eigenvalue weighted by Gasteiger charge is 2.24. The van der Waals surface area contributed by atoms with Crippen molar-refractivity contribution < 1.29 is 14.7 Å². The van der Waals surface area contributed by atoms with Crippen LogP contribution in [-0.2, 0) is 4.79 Å². The van der Waals surface area contributed by atoms with E-state index in [0.29, 0.717) is 5.92 Å². The Hall–Kier alpha value is -1.26. The number of hydrogen-bond donors (Lipinski definition) is 3. The van der Waals surface area contributed by atoms with Crippen LogP contribution in [0.5, 0.6) is 0 Å². The van der Waals surface area contributed by atoms with E-state index in [0.717, 1.165) is 25.7 Å². The van der Waals surface area contributed by atoms with Gasteiger partial charge >= 0.3 is 12.0 Å². The third-order valence-corrected chi connectivity index (χ3v) is 3.15. The highest BCUT2D eigenvalue weighted by Crippen LogP contribution is 2.26. The Morgan fingerprint density at radius 2 is 2.00 bits per heavy atom. The molecule has 2 atom stereocenters. The van der Waals surface area contributed by atoms with Gasteiger partial charge in [-0.1, -0.05) is 26.2 Å². The quantitative estimate of drug-likeness (QED) is 0.679. The van der Waals surface area contributed by atoms with Crippen LogP contribution in [0.3, 0.4) is 0 Å². The second-order valence-corrected chi connectivity index (χ2v) is 4.28.